The van der Waals surface area contributed by atoms with E-state index in [2.05, 4.69) is 25.2 Å². The summed E-state index contributed by atoms with van der Waals surface area (Å²) in [6, 6.07) is 2.25. The van der Waals surface area contributed by atoms with Gasteiger partial charge in [0.05, 0.1) is 11.7 Å². The summed E-state index contributed by atoms with van der Waals surface area (Å²) >= 11 is 0. The van der Waals surface area contributed by atoms with Crippen LogP contribution in [0, 0.1) is 22.7 Å². The topological polar surface area (TPSA) is 56.0 Å². The summed E-state index contributed by atoms with van der Waals surface area (Å²) in [4.78, 5) is 0. The first-order chi connectivity index (χ1) is 7.39. The monoisotopic (exact) mass is 224 g/mol. The molecule has 92 valence electrons. The van der Waals surface area contributed by atoms with Gasteiger partial charge in [0.25, 0.3) is 0 Å². The number of nitrogens with zero attached hydrogens (tertiary/aromatic N) is 1. The lowest BCUT2D eigenvalue weighted by Crippen LogP contribution is -2.40. The molecule has 0 bridgehead atoms. The van der Waals surface area contributed by atoms with Crippen LogP contribution in [0.3, 0.4) is 0 Å². The molecule has 3 heteroatoms. The first kappa shape index (κ1) is 13.5. The molecule has 2 N–H and O–H groups in total. The lowest BCUT2D eigenvalue weighted by molar-refractivity contribution is 0.0376. The van der Waals surface area contributed by atoms with Crippen LogP contribution in [-0.2, 0) is 0 Å². The van der Waals surface area contributed by atoms with Gasteiger partial charge in [-0.15, -0.1) is 0 Å². The minimum absolute atomic E-state index is 0.225. The van der Waals surface area contributed by atoms with E-state index in [-0.39, 0.29) is 5.41 Å². The summed E-state index contributed by atoms with van der Waals surface area (Å²) in [6.07, 6.45) is 3.76. The van der Waals surface area contributed by atoms with Gasteiger partial charge in [0.2, 0.25) is 0 Å². The highest BCUT2D eigenvalue weighted by Gasteiger charge is 2.42. The van der Waals surface area contributed by atoms with Gasteiger partial charge in [0.15, 0.2) is 0 Å². The first-order valence-corrected chi connectivity index (χ1v) is 6.19. The van der Waals surface area contributed by atoms with E-state index in [1.807, 2.05) is 6.92 Å². The zero-order valence-corrected chi connectivity index (χ0v) is 10.7. The van der Waals surface area contributed by atoms with E-state index in [1.165, 1.54) is 0 Å². The fourth-order valence-corrected chi connectivity index (χ4v) is 2.31. The number of nitriles is 1. The van der Waals surface area contributed by atoms with Crippen LogP contribution in [0.15, 0.2) is 0 Å². The molecule has 16 heavy (non-hydrogen) atoms. The Balaban J connectivity index is 2.22. The summed E-state index contributed by atoms with van der Waals surface area (Å²) in [7, 11) is 0. The SMILES string of the molecule is CC(C)CC(C)(O)CNCC1(CC#N)CC1. The maximum atomic E-state index is 10.1. The van der Waals surface area contributed by atoms with Gasteiger partial charge in [-0.2, -0.15) is 5.26 Å². The van der Waals surface area contributed by atoms with Crippen molar-refractivity contribution in [3.05, 3.63) is 0 Å². The molecule has 1 saturated carbocycles. The van der Waals surface area contributed by atoms with Crippen molar-refractivity contribution >= 4 is 0 Å². The van der Waals surface area contributed by atoms with Crippen LogP contribution in [-0.4, -0.2) is 23.8 Å². The second-order valence-corrected chi connectivity index (χ2v) is 6.03. The van der Waals surface area contributed by atoms with Crippen LogP contribution in [0.1, 0.15) is 46.5 Å². The largest absolute Gasteiger partial charge is 0.389 e. The predicted molar refractivity (Wildman–Crippen MR) is 64.8 cm³/mol. The number of rotatable bonds is 7. The van der Waals surface area contributed by atoms with Crippen LogP contribution in [0.2, 0.25) is 0 Å². The smallest absolute Gasteiger partial charge is 0.0746 e. The average molecular weight is 224 g/mol. The molecular formula is C13H24N2O. The number of nitrogens with one attached hydrogen (secondary N) is 1. The molecule has 1 aliphatic rings. The summed E-state index contributed by atoms with van der Waals surface area (Å²) in [5.41, 5.74) is -0.403. The molecule has 0 heterocycles. The van der Waals surface area contributed by atoms with E-state index in [0.717, 1.165) is 25.8 Å². The predicted octanol–water partition coefficient (Wildman–Crippen LogP) is 2.07. The molecule has 1 aliphatic carbocycles. The molecule has 0 radical (unpaired) electrons. The van der Waals surface area contributed by atoms with E-state index in [1.54, 1.807) is 0 Å². The standard InChI is InChI=1S/C13H24N2O/c1-11(2)8-12(3,16)9-15-10-13(4-5-13)6-7-14/h11,15-16H,4-6,8-10H2,1-3H3. The number of hydrogen-bond acceptors (Lipinski definition) is 3. The van der Waals surface area contributed by atoms with Crippen molar-refractivity contribution < 1.29 is 5.11 Å². The van der Waals surface area contributed by atoms with Gasteiger partial charge in [0.1, 0.15) is 0 Å². The Kier molecular flexibility index (Phi) is 4.35. The normalized spacial score (nSPS) is 21.5. The molecule has 0 spiro atoms. The van der Waals surface area contributed by atoms with E-state index >= 15 is 0 Å². The second-order valence-electron chi connectivity index (χ2n) is 6.03. The fraction of sp³-hybridized carbons (Fsp3) is 0.923. The third kappa shape index (κ3) is 4.51. The Morgan fingerprint density at radius 1 is 1.50 bits per heavy atom. The van der Waals surface area contributed by atoms with Gasteiger partial charge in [-0.05, 0) is 37.5 Å². The molecule has 0 aromatic carbocycles. The van der Waals surface area contributed by atoms with Crippen molar-refractivity contribution in [2.45, 2.75) is 52.1 Å². The third-order valence-electron chi connectivity index (χ3n) is 3.26. The van der Waals surface area contributed by atoms with Crippen LogP contribution < -0.4 is 5.32 Å². The van der Waals surface area contributed by atoms with Crippen molar-refractivity contribution in [3.63, 3.8) is 0 Å². The second kappa shape index (κ2) is 5.16. The van der Waals surface area contributed by atoms with Gasteiger partial charge in [-0.25, -0.2) is 0 Å². The first-order valence-electron chi connectivity index (χ1n) is 6.19. The molecule has 0 aliphatic heterocycles. The Labute approximate surface area is 98.8 Å². The molecule has 1 rings (SSSR count). The Morgan fingerprint density at radius 3 is 2.56 bits per heavy atom. The lowest BCUT2D eigenvalue weighted by Gasteiger charge is -2.26. The van der Waals surface area contributed by atoms with E-state index < -0.39 is 5.60 Å². The summed E-state index contributed by atoms with van der Waals surface area (Å²) in [5, 5.41) is 22.1. The van der Waals surface area contributed by atoms with E-state index in [9.17, 15) is 5.11 Å². The Bertz CT molecular complexity index is 262. The zero-order chi connectivity index (χ0) is 12.2. The maximum absolute atomic E-state index is 10.1. The van der Waals surface area contributed by atoms with Gasteiger partial charge in [0, 0.05) is 19.5 Å². The van der Waals surface area contributed by atoms with Crippen LogP contribution >= 0.6 is 0 Å². The van der Waals surface area contributed by atoms with Gasteiger partial charge >= 0.3 is 0 Å². The number of aliphatic hydroxyl groups is 1. The molecular weight excluding hydrogens is 200 g/mol. The quantitative estimate of drug-likeness (QED) is 0.696. The summed E-state index contributed by atoms with van der Waals surface area (Å²) in [5.74, 6) is 0.505. The van der Waals surface area contributed by atoms with Crippen LogP contribution in [0.25, 0.3) is 0 Å². The molecule has 1 unspecified atom stereocenters. The minimum Gasteiger partial charge on any atom is -0.389 e. The van der Waals surface area contributed by atoms with Gasteiger partial charge in [-0.3, -0.25) is 0 Å². The molecule has 0 aromatic heterocycles. The molecule has 1 fully saturated rings. The van der Waals surface area contributed by atoms with Crippen molar-refractivity contribution in [2.75, 3.05) is 13.1 Å². The van der Waals surface area contributed by atoms with Crippen molar-refractivity contribution in [1.29, 1.82) is 5.26 Å². The Hall–Kier alpha value is -0.590. The molecule has 0 saturated heterocycles. The average Bonchev–Trinajstić information content (AvgIpc) is 2.82. The highest BCUT2D eigenvalue weighted by atomic mass is 16.3. The zero-order valence-electron chi connectivity index (χ0n) is 10.7. The van der Waals surface area contributed by atoms with E-state index in [0.29, 0.717) is 18.9 Å². The van der Waals surface area contributed by atoms with Gasteiger partial charge < -0.3 is 10.4 Å². The fourth-order valence-electron chi connectivity index (χ4n) is 2.31. The van der Waals surface area contributed by atoms with Crippen molar-refractivity contribution in [1.82, 2.24) is 5.32 Å². The third-order valence-corrected chi connectivity index (χ3v) is 3.26. The van der Waals surface area contributed by atoms with Crippen LogP contribution in [0.5, 0.6) is 0 Å². The molecule has 0 amide bonds. The minimum atomic E-state index is -0.628. The Morgan fingerprint density at radius 2 is 2.12 bits per heavy atom. The summed E-state index contributed by atoms with van der Waals surface area (Å²) < 4.78 is 0. The van der Waals surface area contributed by atoms with E-state index in [4.69, 9.17) is 5.26 Å². The van der Waals surface area contributed by atoms with Crippen LogP contribution in [0.4, 0.5) is 0 Å². The number of hydrogen-bond donors (Lipinski definition) is 2. The van der Waals surface area contributed by atoms with Crippen molar-refractivity contribution in [3.8, 4) is 6.07 Å². The van der Waals surface area contributed by atoms with Gasteiger partial charge in [-0.1, -0.05) is 13.8 Å². The highest BCUT2D eigenvalue weighted by Crippen LogP contribution is 2.47. The maximum Gasteiger partial charge on any atom is 0.0746 e. The lowest BCUT2D eigenvalue weighted by atomic mass is 9.94. The van der Waals surface area contributed by atoms with Crippen molar-refractivity contribution in [2.24, 2.45) is 11.3 Å². The molecule has 0 aromatic rings. The molecule has 3 nitrogen and oxygen atoms in total. The highest BCUT2D eigenvalue weighted by molar-refractivity contribution is 5.00. The summed E-state index contributed by atoms with van der Waals surface area (Å²) in [6.45, 7) is 7.61. The molecule has 1 atom stereocenters.